The second kappa shape index (κ2) is 4.84. The fourth-order valence-electron chi connectivity index (χ4n) is 3.02. The monoisotopic (exact) mass is 290 g/mol. The number of nitrogens with one attached hydrogen (secondary N) is 1. The van der Waals surface area contributed by atoms with Crippen LogP contribution in [0.5, 0.6) is 5.75 Å². The summed E-state index contributed by atoms with van der Waals surface area (Å²) in [5, 5.41) is 0. The summed E-state index contributed by atoms with van der Waals surface area (Å²) >= 11 is 0. The summed E-state index contributed by atoms with van der Waals surface area (Å²) in [4.78, 5) is 19.1. The van der Waals surface area contributed by atoms with Crippen molar-refractivity contribution in [1.29, 1.82) is 0 Å². The van der Waals surface area contributed by atoms with Gasteiger partial charge in [0.15, 0.2) is 0 Å². The van der Waals surface area contributed by atoms with Crippen LogP contribution in [0.3, 0.4) is 0 Å². The first-order valence-electron chi connectivity index (χ1n) is 7.12. The van der Waals surface area contributed by atoms with E-state index in [0.29, 0.717) is 0 Å². The molecule has 4 rings (SSSR count). The molecule has 22 heavy (non-hydrogen) atoms. The number of rotatable bonds is 2. The average molecular weight is 290 g/mol. The van der Waals surface area contributed by atoms with Gasteiger partial charge in [-0.1, -0.05) is 36.4 Å². The number of fused-ring (bicyclic) bond motifs is 3. The van der Waals surface area contributed by atoms with Crippen LogP contribution in [-0.4, -0.2) is 17.1 Å². The smallest absolute Gasteiger partial charge is 0.345 e. The van der Waals surface area contributed by atoms with Gasteiger partial charge in [0.1, 0.15) is 5.75 Å². The Morgan fingerprint density at radius 2 is 2.00 bits per heavy atom. The highest BCUT2D eigenvalue weighted by molar-refractivity contribution is 5.80. The van der Waals surface area contributed by atoms with E-state index in [9.17, 15) is 4.79 Å². The van der Waals surface area contributed by atoms with Crippen molar-refractivity contribution in [1.82, 2.24) is 9.97 Å². The van der Waals surface area contributed by atoms with Gasteiger partial charge in [0.05, 0.1) is 18.5 Å². The van der Waals surface area contributed by atoms with E-state index in [4.69, 9.17) is 4.74 Å². The summed E-state index contributed by atoms with van der Waals surface area (Å²) < 4.78 is 5.27. The largest absolute Gasteiger partial charge is 0.497 e. The van der Waals surface area contributed by atoms with Crippen molar-refractivity contribution in [2.75, 3.05) is 7.11 Å². The van der Waals surface area contributed by atoms with E-state index in [-0.39, 0.29) is 5.69 Å². The maximum atomic E-state index is 12.0. The minimum atomic E-state index is -0.326. The third-order valence-corrected chi connectivity index (χ3v) is 4.03. The van der Waals surface area contributed by atoms with Gasteiger partial charge in [-0.05, 0) is 17.7 Å². The number of hydrogen-bond donors (Lipinski definition) is 1. The predicted molar refractivity (Wildman–Crippen MR) is 85.1 cm³/mol. The highest BCUT2D eigenvalue weighted by Gasteiger charge is 2.23. The van der Waals surface area contributed by atoms with Crippen molar-refractivity contribution in [2.45, 2.75) is 6.42 Å². The Morgan fingerprint density at radius 3 is 2.86 bits per heavy atom. The van der Waals surface area contributed by atoms with Crippen LogP contribution in [0.2, 0.25) is 0 Å². The maximum Gasteiger partial charge on any atom is 0.345 e. The van der Waals surface area contributed by atoms with E-state index in [2.05, 4.69) is 16.0 Å². The van der Waals surface area contributed by atoms with Crippen molar-refractivity contribution < 1.29 is 4.74 Å². The number of H-pyrrole nitrogens is 1. The molecule has 2 aromatic carbocycles. The molecule has 3 aromatic rings. The Bertz CT molecular complexity index is 928. The topological polar surface area (TPSA) is 55.0 Å². The number of aromatic amines is 1. The number of benzene rings is 2. The first-order valence-corrected chi connectivity index (χ1v) is 7.12. The van der Waals surface area contributed by atoms with E-state index < -0.39 is 0 Å². The van der Waals surface area contributed by atoms with Gasteiger partial charge in [-0.3, -0.25) is 0 Å². The van der Waals surface area contributed by atoms with E-state index in [1.165, 1.54) is 5.56 Å². The third-order valence-electron chi connectivity index (χ3n) is 4.03. The Morgan fingerprint density at radius 1 is 1.14 bits per heavy atom. The fraction of sp³-hybridized carbons (Fsp3) is 0.111. The maximum absolute atomic E-state index is 12.0. The van der Waals surface area contributed by atoms with Gasteiger partial charge in [-0.15, -0.1) is 0 Å². The SMILES string of the molecule is COc1cccc(-c2nc(=O)[nH]c3c2Cc2ccccc2-3)c1. The second-order valence-electron chi connectivity index (χ2n) is 5.31. The number of hydrogen-bond acceptors (Lipinski definition) is 3. The molecule has 0 fully saturated rings. The Labute approximate surface area is 127 Å². The first kappa shape index (κ1) is 12.8. The summed E-state index contributed by atoms with van der Waals surface area (Å²) in [6.07, 6.45) is 0.780. The molecular formula is C18H14N2O2. The zero-order valence-electron chi connectivity index (χ0n) is 12.1. The standard InChI is InChI=1S/C18H14N2O2/c1-22-13-7-4-6-12(9-13)16-15-10-11-5-2-3-8-14(11)17(15)20-18(21)19-16/h2-9H,10H2,1H3,(H,19,20,21). The van der Waals surface area contributed by atoms with Gasteiger partial charge in [-0.2, -0.15) is 4.98 Å². The molecule has 1 aromatic heterocycles. The molecule has 0 amide bonds. The number of aromatic nitrogens is 2. The van der Waals surface area contributed by atoms with Gasteiger partial charge >= 0.3 is 5.69 Å². The zero-order chi connectivity index (χ0) is 15.1. The summed E-state index contributed by atoms with van der Waals surface area (Å²) in [7, 11) is 1.63. The second-order valence-corrected chi connectivity index (χ2v) is 5.31. The number of ether oxygens (including phenoxy) is 1. The van der Waals surface area contributed by atoms with Crippen molar-refractivity contribution >= 4 is 0 Å². The van der Waals surface area contributed by atoms with Gasteiger partial charge in [0, 0.05) is 23.1 Å². The minimum Gasteiger partial charge on any atom is -0.497 e. The average Bonchev–Trinajstić information content (AvgIpc) is 2.93. The lowest BCUT2D eigenvalue weighted by Gasteiger charge is -2.08. The minimum absolute atomic E-state index is 0.326. The molecule has 0 bridgehead atoms. The van der Waals surface area contributed by atoms with Crippen molar-refractivity contribution in [3.63, 3.8) is 0 Å². The molecular weight excluding hydrogens is 276 g/mol. The highest BCUT2D eigenvalue weighted by atomic mass is 16.5. The predicted octanol–water partition coefficient (Wildman–Crippen LogP) is 3.02. The highest BCUT2D eigenvalue weighted by Crippen LogP contribution is 2.38. The molecule has 0 atom stereocenters. The van der Waals surface area contributed by atoms with E-state index in [0.717, 1.165) is 40.2 Å². The van der Waals surface area contributed by atoms with Crippen LogP contribution in [0.4, 0.5) is 0 Å². The van der Waals surface area contributed by atoms with E-state index >= 15 is 0 Å². The molecule has 0 aliphatic heterocycles. The van der Waals surface area contributed by atoms with Gasteiger partial charge in [0.25, 0.3) is 0 Å². The summed E-state index contributed by atoms with van der Waals surface area (Å²) in [6, 6.07) is 15.8. The van der Waals surface area contributed by atoms with Crippen LogP contribution in [0.1, 0.15) is 11.1 Å². The molecule has 0 saturated heterocycles. The molecule has 4 heteroatoms. The van der Waals surface area contributed by atoms with Gasteiger partial charge in [-0.25, -0.2) is 4.79 Å². The van der Waals surface area contributed by atoms with Crippen LogP contribution in [0.15, 0.2) is 53.3 Å². The third kappa shape index (κ3) is 1.92. The molecule has 1 aliphatic carbocycles. The summed E-state index contributed by atoms with van der Waals surface area (Å²) in [6.45, 7) is 0. The first-order chi connectivity index (χ1) is 10.8. The lowest BCUT2D eigenvalue weighted by molar-refractivity contribution is 0.415. The zero-order valence-corrected chi connectivity index (χ0v) is 12.1. The molecule has 1 N–H and O–H groups in total. The molecule has 0 unspecified atom stereocenters. The molecule has 108 valence electrons. The Hall–Kier alpha value is -2.88. The Kier molecular flexibility index (Phi) is 2.82. The molecule has 0 spiro atoms. The fourth-order valence-corrected chi connectivity index (χ4v) is 3.02. The molecule has 4 nitrogen and oxygen atoms in total. The quantitative estimate of drug-likeness (QED) is 0.617. The number of nitrogens with zero attached hydrogens (tertiary/aromatic N) is 1. The van der Waals surface area contributed by atoms with Crippen LogP contribution < -0.4 is 10.4 Å². The van der Waals surface area contributed by atoms with Crippen LogP contribution in [0, 0.1) is 0 Å². The lowest BCUT2D eigenvalue weighted by Crippen LogP contribution is -2.13. The summed E-state index contributed by atoms with van der Waals surface area (Å²) in [5.74, 6) is 0.754. The molecule has 0 radical (unpaired) electrons. The molecule has 1 heterocycles. The van der Waals surface area contributed by atoms with Crippen molar-refractivity contribution in [3.05, 3.63) is 70.1 Å². The van der Waals surface area contributed by atoms with Crippen LogP contribution in [-0.2, 0) is 6.42 Å². The van der Waals surface area contributed by atoms with Gasteiger partial charge < -0.3 is 9.72 Å². The van der Waals surface area contributed by atoms with Crippen molar-refractivity contribution in [3.8, 4) is 28.3 Å². The Balaban J connectivity index is 1.96. The van der Waals surface area contributed by atoms with Crippen LogP contribution >= 0.6 is 0 Å². The lowest BCUT2D eigenvalue weighted by atomic mass is 10.0. The van der Waals surface area contributed by atoms with Crippen LogP contribution in [0.25, 0.3) is 22.5 Å². The number of methoxy groups -OCH3 is 1. The van der Waals surface area contributed by atoms with E-state index in [1.54, 1.807) is 7.11 Å². The normalized spacial score (nSPS) is 11.9. The summed E-state index contributed by atoms with van der Waals surface area (Å²) in [5.41, 5.74) is 5.55. The van der Waals surface area contributed by atoms with Crippen molar-refractivity contribution in [2.24, 2.45) is 0 Å². The van der Waals surface area contributed by atoms with E-state index in [1.807, 2.05) is 42.5 Å². The van der Waals surface area contributed by atoms with Gasteiger partial charge in [0.2, 0.25) is 0 Å². The molecule has 1 aliphatic rings. The molecule has 0 saturated carbocycles.